The maximum Gasteiger partial charge on any atom is 0.230 e. The third-order valence-electron chi connectivity index (χ3n) is 4.22. The molecule has 7 heteroatoms. The van der Waals surface area contributed by atoms with E-state index in [9.17, 15) is 4.79 Å². The SMILES string of the molecule is C[C@H](NC(=O)CSc1n[nH]c(-c2cccs2)n1)c1cccc2ccccc12. The number of rotatable bonds is 6. The Morgan fingerprint density at radius 3 is 2.89 bits per heavy atom. The van der Waals surface area contributed by atoms with E-state index in [1.54, 1.807) is 11.3 Å². The zero-order valence-corrected chi connectivity index (χ0v) is 16.3. The molecule has 0 fully saturated rings. The Morgan fingerprint density at radius 1 is 1.19 bits per heavy atom. The number of fused-ring (bicyclic) bond motifs is 1. The van der Waals surface area contributed by atoms with Crippen molar-refractivity contribution in [1.29, 1.82) is 0 Å². The standard InChI is InChI=1S/C20H18N4OS2/c1-13(15-9-4-7-14-6-2-3-8-16(14)15)21-18(25)12-27-20-22-19(23-24-20)17-10-5-11-26-17/h2-11,13H,12H2,1H3,(H,21,25)(H,22,23,24)/t13-/m0/s1. The van der Waals surface area contributed by atoms with Crippen LogP contribution in [0.4, 0.5) is 0 Å². The minimum Gasteiger partial charge on any atom is -0.349 e. The first-order chi connectivity index (χ1) is 13.2. The molecule has 2 N–H and O–H groups in total. The summed E-state index contributed by atoms with van der Waals surface area (Å²) in [6.07, 6.45) is 0. The molecule has 0 saturated carbocycles. The van der Waals surface area contributed by atoms with Gasteiger partial charge in [-0.2, -0.15) is 0 Å². The molecule has 27 heavy (non-hydrogen) atoms. The number of benzene rings is 2. The number of thiophene rings is 1. The molecule has 0 aliphatic heterocycles. The summed E-state index contributed by atoms with van der Waals surface area (Å²) in [6.45, 7) is 2.01. The summed E-state index contributed by atoms with van der Waals surface area (Å²) in [7, 11) is 0. The highest BCUT2D eigenvalue weighted by atomic mass is 32.2. The van der Waals surface area contributed by atoms with E-state index in [4.69, 9.17) is 0 Å². The van der Waals surface area contributed by atoms with E-state index in [-0.39, 0.29) is 17.7 Å². The molecule has 0 saturated heterocycles. The number of H-pyrrole nitrogens is 1. The van der Waals surface area contributed by atoms with E-state index >= 15 is 0 Å². The van der Waals surface area contributed by atoms with Crippen molar-refractivity contribution in [2.45, 2.75) is 18.1 Å². The predicted molar refractivity (Wildman–Crippen MR) is 111 cm³/mol. The zero-order chi connectivity index (χ0) is 18.6. The van der Waals surface area contributed by atoms with Crippen LogP contribution in [0.5, 0.6) is 0 Å². The van der Waals surface area contributed by atoms with Gasteiger partial charge in [0, 0.05) is 0 Å². The van der Waals surface area contributed by atoms with Gasteiger partial charge in [-0.25, -0.2) is 4.98 Å². The van der Waals surface area contributed by atoms with E-state index in [1.165, 1.54) is 17.1 Å². The number of nitrogens with zero attached hydrogens (tertiary/aromatic N) is 2. The molecule has 0 unspecified atom stereocenters. The molecule has 2 aromatic carbocycles. The second kappa shape index (κ2) is 7.94. The van der Waals surface area contributed by atoms with E-state index in [2.05, 4.69) is 44.8 Å². The van der Waals surface area contributed by atoms with Crippen molar-refractivity contribution < 1.29 is 4.79 Å². The first kappa shape index (κ1) is 17.8. The van der Waals surface area contributed by atoms with Gasteiger partial charge in [-0.1, -0.05) is 60.3 Å². The Labute approximate surface area is 165 Å². The smallest absolute Gasteiger partial charge is 0.230 e. The summed E-state index contributed by atoms with van der Waals surface area (Å²) in [5.74, 6) is 0.969. The van der Waals surface area contributed by atoms with Crippen LogP contribution in [0.1, 0.15) is 18.5 Å². The van der Waals surface area contributed by atoms with Crippen molar-refractivity contribution in [3.8, 4) is 10.7 Å². The lowest BCUT2D eigenvalue weighted by atomic mass is 10.00. The normalized spacial score (nSPS) is 12.2. The van der Waals surface area contributed by atoms with Crippen molar-refractivity contribution in [3.05, 3.63) is 65.5 Å². The van der Waals surface area contributed by atoms with Gasteiger partial charge in [0.15, 0.2) is 5.82 Å². The molecule has 1 atom stereocenters. The van der Waals surface area contributed by atoms with Gasteiger partial charge < -0.3 is 5.32 Å². The molecule has 0 radical (unpaired) electrons. The first-order valence-electron chi connectivity index (χ1n) is 8.57. The summed E-state index contributed by atoms with van der Waals surface area (Å²) in [6, 6.07) is 18.3. The van der Waals surface area contributed by atoms with E-state index in [1.807, 2.05) is 42.6 Å². The lowest BCUT2D eigenvalue weighted by Gasteiger charge is -2.16. The summed E-state index contributed by atoms with van der Waals surface area (Å²) >= 11 is 2.92. The highest BCUT2D eigenvalue weighted by molar-refractivity contribution is 7.99. The monoisotopic (exact) mass is 394 g/mol. The van der Waals surface area contributed by atoms with E-state index in [0.717, 1.165) is 21.7 Å². The first-order valence-corrected chi connectivity index (χ1v) is 10.4. The van der Waals surface area contributed by atoms with Crippen molar-refractivity contribution in [3.63, 3.8) is 0 Å². The van der Waals surface area contributed by atoms with Crippen LogP contribution >= 0.6 is 23.1 Å². The van der Waals surface area contributed by atoms with Crippen molar-refractivity contribution in [2.24, 2.45) is 0 Å². The largest absolute Gasteiger partial charge is 0.349 e. The van der Waals surface area contributed by atoms with Gasteiger partial charge in [-0.05, 0) is 34.7 Å². The van der Waals surface area contributed by atoms with Crippen LogP contribution in [0.25, 0.3) is 21.5 Å². The molecular formula is C20H18N4OS2. The van der Waals surface area contributed by atoms with Gasteiger partial charge in [0.2, 0.25) is 11.1 Å². The molecular weight excluding hydrogens is 376 g/mol. The lowest BCUT2D eigenvalue weighted by molar-refractivity contribution is -0.119. The molecule has 1 amide bonds. The fourth-order valence-corrected chi connectivity index (χ4v) is 4.23. The molecule has 2 aromatic heterocycles. The number of aromatic nitrogens is 3. The fraction of sp³-hybridized carbons (Fsp3) is 0.150. The predicted octanol–water partition coefficient (Wildman–Crippen LogP) is 4.66. The van der Waals surface area contributed by atoms with Crippen LogP contribution in [0.2, 0.25) is 0 Å². The van der Waals surface area contributed by atoms with Gasteiger partial charge in [-0.15, -0.1) is 16.4 Å². The molecule has 136 valence electrons. The van der Waals surface area contributed by atoms with Gasteiger partial charge in [0.1, 0.15) is 0 Å². The highest BCUT2D eigenvalue weighted by Crippen LogP contribution is 2.25. The van der Waals surface area contributed by atoms with Crippen molar-refractivity contribution in [1.82, 2.24) is 20.5 Å². The minimum atomic E-state index is -0.0713. The van der Waals surface area contributed by atoms with Gasteiger partial charge in [-0.3, -0.25) is 9.89 Å². The van der Waals surface area contributed by atoms with Gasteiger partial charge in [0.25, 0.3) is 0 Å². The molecule has 2 heterocycles. The molecule has 4 aromatic rings. The quantitative estimate of drug-likeness (QED) is 0.467. The number of nitrogens with one attached hydrogen (secondary N) is 2. The van der Waals surface area contributed by atoms with Crippen LogP contribution < -0.4 is 5.32 Å². The Morgan fingerprint density at radius 2 is 2.04 bits per heavy atom. The Bertz CT molecular complexity index is 1050. The number of carbonyl (C=O) groups is 1. The van der Waals surface area contributed by atoms with Crippen LogP contribution in [-0.2, 0) is 4.79 Å². The summed E-state index contributed by atoms with van der Waals surface area (Å²) < 4.78 is 0. The van der Waals surface area contributed by atoms with Crippen molar-refractivity contribution >= 4 is 39.8 Å². The fourth-order valence-electron chi connectivity index (χ4n) is 2.95. The lowest BCUT2D eigenvalue weighted by Crippen LogP contribution is -2.28. The Balaban J connectivity index is 1.38. The Hall–Kier alpha value is -2.64. The molecule has 0 aliphatic carbocycles. The van der Waals surface area contributed by atoms with Gasteiger partial charge in [0.05, 0.1) is 16.7 Å². The van der Waals surface area contributed by atoms with Crippen LogP contribution in [0.15, 0.2) is 65.1 Å². The topological polar surface area (TPSA) is 70.7 Å². The van der Waals surface area contributed by atoms with Crippen molar-refractivity contribution in [2.75, 3.05) is 5.75 Å². The molecule has 4 rings (SSSR count). The van der Waals surface area contributed by atoms with Crippen LogP contribution in [0.3, 0.4) is 0 Å². The molecule has 0 spiro atoms. The van der Waals surface area contributed by atoms with E-state index in [0.29, 0.717) is 5.16 Å². The number of hydrogen-bond acceptors (Lipinski definition) is 5. The van der Waals surface area contributed by atoms with Crippen LogP contribution in [0, 0.1) is 0 Å². The zero-order valence-electron chi connectivity index (χ0n) is 14.7. The molecule has 0 bridgehead atoms. The van der Waals surface area contributed by atoms with Crippen LogP contribution in [-0.4, -0.2) is 26.8 Å². The maximum absolute atomic E-state index is 12.4. The van der Waals surface area contributed by atoms with E-state index < -0.39 is 0 Å². The average Bonchev–Trinajstić information content (AvgIpc) is 3.37. The second-order valence-corrected chi connectivity index (χ2v) is 7.98. The molecule has 5 nitrogen and oxygen atoms in total. The Kier molecular flexibility index (Phi) is 5.22. The third kappa shape index (κ3) is 4.04. The number of aromatic amines is 1. The molecule has 0 aliphatic rings. The number of hydrogen-bond donors (Lipinski definition) is 2. The number of carbonyl (C=O) groups excluding carboxylic acids is 1. The highest BCUT2D eigenvalue weighted by Gasteiger charge is 2.14. The summed E-state index contributed by atoms with van der Waals surface area (Å²) in [5, 5.41) is 15.1. The number of thioether (sulfide) groups is 1. The average molecular weight is 395 g/mol. The second-order valence-electron chi connectivity index (χ2n) is 6.09. The summed E-state index contributed by atoms with van der Waals surface area (Å²) in [5.41, 5.74) is 1.12. The van der Waals surface area contributed by atoms with Gasteiger partial charge >= 0.3 is 0 Å². The summed E-state index contributed by atoms with van der Waals surface area (Å²) in [4.78, 5) is 17.8. The number of amides is 1. The maximum atomic E-state index is 12.4. The minimum absolute atomic E-state index is 0.0390. The third-order valence-corrected chi connectivity index (χ3v) is 5.94.